The Kier molecular flexibility index (Phi) is 14.5. The van der Waals surface area contributed by atoms with Gasteiger partial charge in [-0.2, -0.15) is 0 Å². The molecule has 21 heavy (non-hydrogen) atoms. The summed E-state index contributed by atoms with van der Waals surface area (Å²) in [5, 5.41) is 13.9. The minimum atomic E-state index is -0.456. The van der Waals surface area contributed by atoms with Crippen LogP contribution in [-0.4, -0.2) is 59.8 Å². The van der Waals surface area contributed by atoms with Crippen LogP contribution in [0.3, 0.4) is 0 Å². The van der Waals surface area contributed by atoms with E-state index < -0.39 is 11.8 Å². The zero-order chi connectivity index (χ0) is 16.7. The molecule has 0 saturated carbocycles. The summed E-state index contributed by atoms with van der Waals surface area (Å²) in [6, 6.07) is 0. The highest BCUT2D eigenvalue weighted by atomic mass is 32.2. The Morgan fingerprint density at radius 1 is 1.00 bits per heavy atom. The number of amides is 3. The van der Waals surface area contributed by atoms with Gasteiger partial charge < -0.3 is 21.1 Å². The van der Waals surface area contributed by atoms with Crippen molar-refractivity contribution in [2.45, 2.75) is 13.8 Å². The Morgan fingerprint density at radius 2 is 1.43 bits per heavy atom. The number of thioether (sulfide) groups is 1. The molecule has 0 aliphatic heterocycles. The summed E-state index contributed by atoms with van der Waals surface area (Å²) in [4.78, 5) is 52.3. The fraction of sp³-hybridized carbons (Fsp3) is 0.545. The summed E-state index contributed by atoms with van der Waals surface area (Å²) in [7, 11) is 0. The van der Waals surface area contributed by atoms with Crippen LogP contribution in [0.2, 0.25) is 0 Å². The second kappa shape index (κ2) is 14.3. The quantitative estimate of drug-likeness (QED) is 0.411. The van der Waals surface area contributed by atoms with Gasteiger partial charge in [-0.3, -0.25) is 24.0 Å². The minimum absolute atomic E-state index is 0.0149. The summed E-state index contributed by atoms with van der Waals surface area (Å²) < 4.78 is 0. The normalized spacial score (nSPS) is 8.67. The van der Waals surface area contributed by atoms with Gasteiger partial charge in [0, 0.05) is 13.5 Å². The molecule has 3 amide bonds. The molecule has 0 rings (SSSR count). The zero-order valence-electron chi connectivity index (χ0n) is 11.8. The second-order valence-electron chi connectivity index (χ2n) is 3.39. The molecule has 0 aliphatic carbocycles. The van der Waals surface area contributed by atoms with Crippen molar-refractivity contribution in [1.82, 2.24) is 16.0 Å². The first kappa shape index (κ1) is 21.2. The van der Waals surface area contributed by atoms with Crippen molar-refractivity contribution in [2.24, 2.45) is 0 Å². The van der Waals surface area contributed by atoms with Crippen LogP contribution in [0.15, 0.2) is 0 Å². The minimum Gasteiger partial charge on any atom is -0.483 e. The predicted octanol–water partition coefficient (Wildman–Crippen LogP) is -1.66. The molecule has 0 saturated heterocycles. The molecular formula is C11H19N3O6S. The monoisotopic (exact) mass is 321 g/mol. The SMILES string of the molecule is CCNC(=O)CNC(=O)CNC(=O)CSC(C)=O.O=CO. The van der Waals surface area contributed by atoms with E-state index >= 15 is 0 Å². The molecule has 0 aliphatic rings. The molecule has 0 heterocycles. The molecule has 0 unspecified atom stereocenters. The van der Waals surface area contributed by atoms with Crippen molar-refractivity contribution in [3.63, 3.8) is 0 Å². The van der Waals surface area contributed by atoms with Crippen LogP contribution in [-0.2, 0) is 24.0 Å². The van der Waals surface area contributed by atoms with Crippen molar-refractivity contribution in [1.29, 1.82) is 0 Å². The van der Waals surface area contributed by atoms with Crippen molar-refractivity contribution in [3.05, 3.63) is 0 Å². The Hall–Kier alpha value is -2.10. The van der Waals surface area contributed by atoms with Crippen LogP contribution >= 0.6 is 11.8 Å². The lowest BCUT2D eigenvalue weighted by Gasteiger charge is -2.06. The van der Waals surface area contributed by atoms with Crippen LogP contribution in [0.5, 0.6) is 0 Å². The van der Waals surface area contributed by atoms with Gasteiger partial charge in [0.05, 0.1) is 18.8 Å². The number of carboxylic acid groups (broad SMARTS) is 1. The lowest BCUT2D eigenvalue weighted by Crippen LogP contribution is -2.42. The molecule has 0 aromatic carbocycles. The molecule has 0 bridgehead atoms. The smallest absolute Gasteiger partial charge is 0.290 e. The molecular weight excluding hydrogens is 302 g/mol. The maximum absolute atomic E-state index is 11.2. The second-order valence-corrected chi connectivity index (χ2v) is 4.54. The van der Waals surface area contributed by atoms with Crippen LogP contribution < -0.4 is 16.0 Å². The van der Waals surface area contributed by atoms with Gasteiger partial charge in [-0.15, -0.1) is 0 Å². The third-order valence-electron chi connectivity index (χ3n) is 1.67. The van der Waals surface area contributed by atoms with E-state index in [9.17, 15) is 19.2 Å². The highest BCUT2D eigenvalue weighted by Crippen LogP contribution is 1.98. The Bertz CT molecular complexity index is 375. The van der Waals surface area contributed by atoms with Crippen molar-refractivity contribution in [2.75, 3.05) is 25.4 Å². The van der Waals surface area contributed by atoms with Gasteiger partial charge >= 0.3 is 0 Å². The van der Waals surface area contributed by atoms with Gasteiger partial charge in [-0.1, -0.05) is 11.8 Å². The molecule has 9 nitrogen and oxygen atoms in total. The van der Waals surface area contributed by atoms with E-state index in [1.165, 1.54) is 6.92 Å². The lowest BCUT2D eigenvalue weighted by molar-refractivity contribution is -0.127. The summed E-state index contributed by atoms with van der Waals surface area (Å²) in [6.07, 6.45) is 0. The molecule has 0 aromatic heterocycles. The average Bonchev–Trinajstić information content (AvgIpc) is 2.41. The highest BCUT2D eigenvalue weighted by molar-refractivity contribution is 8.14. The number of hydrogen-bond donors (Lipinski definition) is 4. The fourth-order valence-corrected chi connectivity index (χ4v) is 1.33. The topological polar surface area (TPSA) is 142 Å². The maximum Gasteiger partial charge on any atom is 0.290 e. The standard InChI is InChI=1S/C10H17N3O4S.CH2O2/c1-3-11-8(15)4-12-9(16)5-13-10(17)6-18-7(2)14;2-1-3/h3-6H2,1-2H3,(H,11,15)(H,12,16)(H,13,17);1H,(H,2,3). The Morgan fingerprint density at radius 3 is 1.86 bits per heavy atom. The zero-order valence-corrected chi connectivity index (χ0v) is 12.6. The van der Waals surface area contributed by atoms with E-state index in [2.05, 4.69) is 16.0 Å². The van der Waals surface area contributed by atoms with E-state index in [0.717, 1.165) is 11.8 Å². The number of nitrogens with one attached hydrogen (secondary N) is 3. The number of hydrogen-bond acceptors (Lipinski definition) is 6. The lowest BCUT2D eigenvalue weighted by atomic mass is 10.5. The Labute approximate surface area is 126 Å². The highest BCUT2D eigenvalue weighted by Gasteiger charge is 2.08. The molecule has 4 N–H and O–H groups in total. The summed E-state index contributed by atoms with van der Waals surface area (Å²) in [6.45, 7) is 3.04. The first-order chi connectivity index (χ1) is 9.87. The number of carbonyl (C=O) groups is 5. The third kappa shape index (κ3) is 17.9. The molecule has 0 aromatic rings. The number of rotatable bonds is 7. The fourth-order valence-electron chi connectivity index (χ4n) is 0.898. The number of likely N-dealkylation sites (N-methyl/N-ethyl adjacent to an activating group) is 1. The van der Waals surface area contributed by atoms with Crippen LogP contribution in [0.4, 0.5) is 0 Å². The number of carbonyl (C=O) groups excluding carboxylic acids is 4. The van der Waals surface area contributed by atoms with E-state index in [-0.39, 0.29) is 36.3 Å². The van der Waals surface area contributed by atoms with Crippen LogP contribution in [0, 0.1) is 0 Å². The third-order valence-corrected chi connectivity index (χ3v) is 2.49. The van der Waals surface area contributed by atoms with E-state index in [4.69, 9.17) is 9.90 Å². The van der Waals surface area contributed by atoms with E-state index in [1.54, 1.807) is 6.92 Å². The van der Waals surface area contributed by atoms with Crippen LogP contribution in [0.25, 0.3) is 0 Å². The molecule has 120 valence electrons. The van der Waals surface area contributed by atoms with Crippen molar-refractivity contribution < 1.29 is 29.1 Å². The van der Waals surface area contributed by atoms with E-state index in [1.807, 2.05) is 0 Å². The summed E-state index contributed by atoms with van der Waals surface area (Å²) in [5.41, 5.74) is 0. The Balaban J connectivity index is 0. The summed E-state index contributed by atoms with van der Waals surface area (Å²) in [5.74, 6) is -1.16. The van der Waals surface area contributed by atoms with Crippen molar-refractivity contribution >= 4 is 41.1 Å². The van der Waals surface area contributed by atoms with Crippen molar-refractivity contribution in [3.8, 4) is 0 Å². The first-order valence-electron chi connectivity index (χ1n) is 5.88. The van der Waals surface area contributed by atoms with Gasteiger partial charge in [0.1, 0.15) is 0 Å². The van der Waals surface area contributed by atoms with E-state index in [0.29, 0.717) is 6.54 Å². The predicted molar refractivity (Wildman–Crippen MR) is 76.5 cm³/mol. The molecule has 0 fully saturated rings. The van der Waals surface area contributed by atoms with Gasteiger partial charge in [0.2, 0.25) is 17.7 Å². The maximum atomic E-state index is 11.2. The molecule has 10 heteroatoms. The average molecular weight is 321 g/mol. The summed E-state index contributed by atoms with van der Waals surface area (Å²) >= 11 is 0.869. The first-order valence-corrected chi connectivity index (χ1v) is 6.87. The molecule has 0 radical (unpaired) electrons. The van der Waals surface area contributed by atoms with Gasteiger partial charge in [-0.25, -0.2) is 0 Å². The molecule has 0 atom stereocenters. The van der Waals surface area contributed by atoms with Crippen LogP contribution in [0.1, 0.15) is 13.8 Å². The van der Waals surface area contributed by atoms with Gasteiger partial charge in [0.15, 0.2) is 5.12 Å². The largest absolute Gasteiger partial charge is 0.483 e. The molecule has 0 spiro atoms. The van der Waals surface area contributed by atoms with Gasteiger partial charge in [-0.05, 0) is 6.92 Å². The van der Waals surface area contributed by atoms with Gasteiger partial charge in [0.25, 0.3) is 6.47 Å².